The van der Waals surface area contributed by atoms with Crippen molar-refractivity contribution in [2.75, 3.05) is 26.3 Å². The summed E-state index contributed by atoms with van der Waals surface area (Å²) in [5.41, 5.74) is 4.14. The molecule has 0 spiro atoms. The largest absolute Gasteiger partial charge is 0.378 e. The Bertz CT molecular complexity index is 982. The minimum Gasteiger partial charge on any atom is -0.378 e. The quantitative estimate of drug-likeness (QED) is 0.712. The summed E-state index contributed by atoms with van der Waals surface area (Å²) in [6, 6.07) is 5.30. The normalized spacial score (nSPS) is 19.6. The molecule has 0 atom stereocenters. The molecule has 2 aliphatic rings. The van der Waals surface area contributed by atoms with Crippen LogP contribution in [0.5, 0.6) is 0 Å². The van der Waals surface area contributed by atoms with Crippen LogP contribution in [0.15, 0.2) is 24.5 Å². The first kappa shape index (κ1) is 18.2. The van der Waals surface area contributed by atoms with Gasteiger partial charge in [-0.3, -0.25) is 9.58 Å². The summed E-state index contributed by atoms with van der Waals surface area (Å²) < 4.78 is 7.56. The Hall–Kier alpha value is -1.89. The van der Waals surface area contributed by atoms with E-state index in [2.05, 4.69) is 45.5 Å². The maximum Gasteiger partial charge on any atom is 0.138 e. The lowest BCUT2D eigenvalue weighted by Crippen LogP contribution is -2.51. The molecule has 0 amide bonds. The summed E-state index contributed by atoms with van der Waals surface area (Å²) in [6.45, 7) is 8.48. The van der Waals surface area contributed by atoms with Crippen molar-refractivity contribution < 1.29 is 4.74 Å². The van der Waals surface area contributed by atoms with Crippen molar-refractivity contribution in [2.45, 2.75) is 44.7 Å². The average molecular weight is 400 g/mol. The van der Waals surface area contributed by atoms with Crippen LogP contribution in [-0.4, -0.2) is 57.0 Å². The number of aromatic nitrogens is 4. The van der Waals surface area contributed by atoms with Crippen LogP contribution < -0.4 is 0 Å². The summed E-state index contributed by atoms with van der Waals surface area (Å²) in [7, 11) is 0. The second-order valence-electron chi connectivity index (χ2n) is 8.25. The van der Waals surface area contributed by atoms with Crippen molar-refractivity contribution in [3.8, 4) is 11.3 Å². The van der Waals surface area contributed by atoms with E-state index >= 15 is 0 Å². The lowest BCUT2D eigenvalue weighted by Gasteiger charge is -2.41. The summed E-state index contributed by atoms with van der Waals surface area (Å²) >= 11 is 6.29. The Morgan fingerprint density at radius 1 is 1.21 bits per heavy atom. The molecule has 3 aromatic rings. The number of halogens is 1. The third kappa shape index (κ3) is 3.13. The molecule has 5 rings (SSSR count). The molecule has 28 heavy (non-hydrogen) atoms. The lowest BCUT2D eigenvalue weighted by molar-refractivity contribution is -0.0714. The molecule has 7 heteroatoms. The first-order valence-electron chi connectivity index (χ1n) is 10.1. The van der Waals surface area contributed by atoms with E-state index in [1.54, 1.807) is 6.20 Å². The number of aromatic amines is 1. The summed E-state index contributed by atoms with van der Waals surface area (Å²) in [5, 5.41) is 6.58. The first-order valence-corrected chi connectivity index (χ1v) is 10.5. The number of piperidine rings is 1. The summed E-state index contributed by atoms with van der Waals surface area (Å²) in [4.78, 5) is 10.2. The van der Waals surface area contributed by atoms with E-state index in [1.807, 2.05) is 6.20 Å². The Kier molecular flexibility index (Phi) is 4.65. The van der Waals surface area contributed by atoms with E-state index in [-0.39, 0.29) is 0 Å². The minimum absolute atomic E-state index is 0.328. The van der Waals surface area contributed by atoms with Gasteiger partial charge in [0.05, 0.1) is 30.0 Å². The second kappa shape index (κ2) is 7.17. The predicted molar refractivity (Wildman–Crippen MR) is 111 cm³/mol. The molecule has 0 radical (unpaired) electrons. The number of nitrogens with zero attached hydrogens (tertiary/aromatic N) is 4. The van der Waals surface area contributed by atoms with Crippen molar-refractivity contribution in [2.24, 2.45) is 0 Å². The highest BCUT2D eigenvalue weighted by molar-refractivity contribution is 6.35. The van der Waals surface area contributed by atoms with Gasteiger partial charge in [-0.15, -0.1) is 0 Å². The van der Waals surface area contributed by atoms with Crippen molar-refractivity contribution in [1.82, 2.24) is 24.6 Å². The monoisotopic (exact) mass is 399 g/mol. The Balaban J connectivity index is 1.43. The first-order chi connectivity index (χ1) is 13.6. The number of fused-ring (bicyclic) bond motifs is 1. The van der Waals surface area contributed by atoms with Gasteiger partial charge in [-0.05, 0) is 51.9 Å². The topological polar surface area (TPSA) is 59.0 Å². The number of rotatable bonds is 4. The standard InChI is InChI=1S/C21H26ClN5O/c1-13(2)27-20(14-3-5-26(6-4-14)16-11-28-12-16)8-19(25-27)15-7-17-18(22)10-24-21(17)23-9-15/h7-10,13-14,16H,3-6,11-12H2,1-2H3,(H,23,24). The van der Waals surface area contributed by atoms with Gasteiger partial charge in [0.1, 0.15) is 5.65 Å². The smallest absolute Gasteiger partial charge is 0.138 e. The fourth-order valence-corrected chi connectivity index (χ4v) is 4.57. The van der Waals surface area contributed by atoms with Gasteiger partial charge in [-0.1, -0.05) is 11.6 Å². The van der Waals surface area contributed by atoms with Crippen LogP contribution in [0.4, 0.5) is 0 Å². The van der Waals surface area contributed by atoms with Crippen LogP contribution in [0.1, 0.15) is 44.3 Å². The highest BCUT2D eigenvalue weighted by atomic mass is 35.5. The molecule has 0 bridgehead atoms. The van der Waals surface area contributed by atoms with Crippen LogP contribution in [0.2, 0.25) is 5.02 Å². The van der Waals surface area contributed by atoms with Crippen molar-refractivity contribution in [3.63, 3.8) is 0 Å². The molecule has 2 saturated heterocycles. The van der Waals surface area contributed by atoms with Crippen LogP contribution in [0, 0.1) is 0 Å². The number of nitrogens with one attached hydrogen (secondary N) is 1. The molecule has 6 nitrogen and oxygen atoms in total. The minimum atomic E-state index is 0.328. The maximum atomic E-state index is 6.29. The fraction of sp³-hybridized carbons (Fsp3) is 0.524. The van der Waals surface area contributed by atoms with Gasteiger partial charge in [0.15, 0.2) is 0 Å². The average Bonchev–Trinajstić information content (AvgIpc) is 3.25. The molecule has 148 valence electrons. The summed E-state index contributed by atoms with van der Waals surface area (Å²) in [5.74, 6) is 0.549. The second-order valence-corrected chi connectivity index (χ2v) is 8.66. The van der Waals surface area contributed by atoms with Gasteiger partial charge in [0.2, 0.25) is 0 Å². The van der Waals surface area contributed by atoms with Gasteiger partial charge in [0, 0.05) is 41.0 Å². The van der Waals surface area contributed by atoms with Crippen molar-refractivity contribution >= 4 is 22.6 Å². The zero-order chi connectivity index (χ0) is 19.3. The van der Waals surface area contributed by atoms with Crippen LogP contribution in [-0.2, 0) is 4.74 Å². The zero-order valence-corrected chi connectivity index (χ0v) is 17.1. The number of hydrogen-bond donors (Lipinski definition) is 1. The van der Waals surface area contributed by atoms with Crippen LogP contribution in [0.3, 0.4) is 0 Å². The number of hydrogen-bond acceptors (Lipinski definition) is 4. The van der Waals surface area contributed by atoms with Crippen LogP contribution >= 0.6 is 11.6 Å². The highest BCUT2D eigenvalue weighted by Crippen LogP contribution is 2.34. The molecule has 0 saturated carbocycles. The third-order valence-corrected chi connectivity index (χ3v) is 6.43. The molecular formula is C21H26ClN5O. The van der Waals surface area contributed by atoms with Gasteiger partial charge in [-0.2, -0.15) is 5.10 Å². The van der Waals surface area contributed by atoms with Gasteiger partial charge < -0.3 is 9.72 Å². The van der Waals surface area contributed by atoms with E-state index < -0.39 is 0 Å². The van der Waals surface area contributed by atoms with Crippen molar-refractivity contribution in [1.29, 1.82) is 0 Å². The van der Waals surface area contributed by atoms with Gasteiger partial charge >= 0.3 is 0 Å². The molecule has 3 aromatic heterocycles. The summed E-state index contributed by atoms with van der Waals surface area (Å²) in [6.07, 6.45) is 6.01. The van der Waals surface area contributed by atoms with E-state index in [0.29, 0.717) is 23.0 Å². The Morgan fingerprint density at radius 2 is 2.00 bits per heavy atom. The molecule has 2 fully saturated rings. The Labute approximate surface area is 169 Å². The number of likely N-dealkylation sites (tertiary alicyclic amines) is 1. The van der Waals surface area contributed by atoms with Gasteiger partial charge in [0.25, 0.3) is 0 Å². The van der Waals surface area contributed by atoms with E-state index in [9.17, 15) is 0 Å². The van der Waals surface area contributed by atoms with E-state index in [0.717, 1.165) is 48.6 Å². The third-order valence-electron chi connectivity index (χ3n) is 6.11. The molecule has 5 heterocycles. The number of ether oxygens (including phenoxy) is 1. The molecule has 0 aromatic carbocycles. The van der Waals surface area contributed by atoms with E-state index in [4.69, 9.17) is 21.4 Å². The van der Waals surface area contributed by atoms with E-state index in [1.165, 1.54) is 18.5 Å². The molecule has 0 unspecified atom stereocenters. The Morgan fingerprint density at radius 3 is 2.68 bits per heavy atom. The molecular weight excluding hydrogens is 374 g/mol. The zero-order valence-electron chi connectivity index (χ0n) is 16.4. The molecule has 0 aliphatic carbocycles. The molecule has 1 N–H and O–H groups in total. The highest BCUT2D eigenvalue weighted by Gasteiger charge is 2.31. The van der Waals surface area contributed by atoms with Gasteiger partial charge in [-0.25, -0.2) is 4.98 Å². The SMILES string of the molecule is CC(C)n1nc(-c2cnc3[nH]cc(Cl)c3c2)cc1C1CCN(C2COC2)CC1. The predicted octanol–water partition coefficient (Wildman–Crippen LogP) is 4.24. The number of H-pyrrole nitrogens is 1. The fourth-order valence-electron chi connectivity index (χ4n) is 4.37. The van der Waals surface area contributed by atoms with Crippen LogP contribution in [0.25, 0.3) is 22.3 Å². The number of pyridine rings is 1. The lowest BCUT2D eigenvalue weighted by atomic mass is 9.91. The molecule has 2 aliphatic heterocycles. The maximum absolute atomic E-state index is 6.29. The van der Waals surface area contributed by atoms with Crippen molar-refractivity contribution in [3.05, 3.63) is 35.2 Å².